The van der Waals surface area contributed by atoms with Gasteiger partial charge in [-0.15, -0.1) is 12.4 Å². The molecule has 0 spiro atoms. The SMILES string of the molecule is COc1cc2c(-c3ccc(O)c(Cl)c3)nc3[nH]nc(C)c3c2cc1OCC1CCCCO1.Cl. The Hall–Kier alpha value is -2.74. The third-order valence-electron chi connectivity index (χ3n) is 5.90. The summed E-state index contributed by atoms with van der Waals surface area (Å²) in [5, 5.41) is 20.2. The number of hydrogen-bond donors (Lipinski definition) is 2. The number of halogens is 2. The average molecular weight is 490 g/mol. The minimum atomic E-state index is 0. The maximum Gasteiger partial charge on any atom is 0.161 e. The van der Waals surface area contributed by atoms with Gasteiger partial charge in [-0.3, -0.25) is 5.10 Å². The summed E-state index contributed by atoms with van der Waals surface area (Å²) in [6.07, 6.45) is 3.34. The van der Waals surface area contributed by atoms with Gasteiger partial charge in [0.15, 0.2) is 17.1 Å². The summed E-state index contributed by atoms with van der Waals surface area (Å²) >= 11 is 6.18. The number of rotatable bonds is 5. The molecule has 0 saturated carbocycles. The van der Waals surface area contributed by atoms with Gasteiger partial charge in [0, 0.05) is 28.3 Å². The lowest BCUT2D eigenvalue weighted by Crippen LogP contribution is -2.25. The summed E-state index contributed by atoms with van der Waals surface area (Å²) < 4.78 is 17.6. The van der Waals surface area contributed by atoms with Gasteiger partial charge in [0.2, 0.25) is 0 Å². The van der Waals surface area contributed by atoms with Crippen molar-refractivity contribution in [3.63, 3.8) is 0 Å². The standard InChI is InChI=1S/C24H24ClN3O4.ClH/c1-13-22-16-10-21(32-12-15-5-3-4-8-31-15)20(30-2)11-17(16)23(26-24(22)28-27-13)14-6-7-19(29)18(25)9-14;/h6-7,9-11,15,29H,3-5,8,12H2,1-2H3,(H,26,27,28);1H. The second-order valence-electron chi connectivity index (χ2n) is 8.01. The van der Waals surface area contributed by atoms with Crippen molar-refractivity contribution >= 4 is 45.8 Å². The number of aromatic hydroxyl groups is 1. The van der Waals surface area contributed by atoms with Crippen molar-refractivity contribution in [1.29, 1.82) is 0 Å². The van der Waals surface area contributed by atoms with E-state index in [-0.39, 0.29) is 29.3 Å². The zero-order chi connectivity index (χ0) is 22.2. The number of nitrogens with one attached hydrogen (secondary N) is 1. The van der Waals surface area contributed by atoms with Gasteiger partial charge in [0.25, 0.3) is 0 Å². The van der Waals surface area contributed by atoms with E-state index < -0.39 is 0 Å². The van der Waals surface area contributed by atoms with E-state index in [1.54, 1.807) is 25.3 Å². The first-order valence-electron chi connectivity index (χ1n) is 10.6. The number of pyridine rings is 1. The molecule has 1 unspecified atom stereocenters. The molecule has 3 heterocycles. The Balaban J connectivity index is 0.00000259. The van der Waals surface area contributed by atoms with E-state index in [0.717, 1.165) is 53.3 Å². The minimum Gasteiger partial charge on any atom is -0.506 e. The highest BCUT2D eigenvalue weighted by molar-refractivity contribution is 6.32. The molecule has 2 aromatic heterocycles. The van der Waals surface area contributed by atoms with Crippen LogP contribution in [0.5, 0.6) is 17.2 Å². The highest BCUT2D eigenvalue weighted by Gasteiger charge is 2.20. The number of aryl methyl sites for hydroxylation is 1. The van der Waals surface area contributed by atoms with E-state index in [1.165, 1.54) is 0 Å². The van der Waals surface area contributed by atoms with Crippen LogP contribution >= 0.6 is 24.0 Å². The molecule has 2 N–H and O–H groups in total. The van der Waals surface area contributed by atoms with E-state index in [0.29, 0.717) is 29.4 Å². The molecule has 1 aliphatic rings. The number of nitrogens with zero attached hydrogens (tertiary/aromatic N) is 2. The number of methoxy groups -OCH3 is 1. The largest absolute Gasteiger partial charge is 0.506 e. The molecular weight excluding hydrogens is 465 g/mol. The number of phenols is 1. The number of aromatic amines is 1. The van der Waals surface area contributed by atoms with Gasteiger partial charge in [0.05, 0.1) is 29.6 Å². The Kier molecular flexibility index (Phi) is 6.83. The number of aromatic nitrogens is 3. The molecule has 4 aromatic rings. The second-order valence-corrected chi connectivity index (χ2v) is 8.41. The van der Waals surface area contributed by atoms with E-state index in [2.05, 4.69) is 10.2 Å². The van der Waals surface area contributed by atoms with E-state index in [1.807, 2.05) is 19.1 Å². The van der Waals surface area contributed by atoms with Crippen molar-refractivity contribution in [2.45, 2.75) is 32.3 Å². The van der Waals surface area contributed by atoms with Crippen LogP contribution in [0.4, 0.5) is 0 Å². The van der Waals surface area contributed by atoms with Crippen LogP contribution in [0.1, 0.15) is 25.0 Å². The molecule has 0 amide bonds. The van der Waals surface area contributed by atoms with Crippen molar-refractivity contribution in [3.05, 3.63) is 41.0 Å². The van der Waals surface area contributed by atoms with E-state index >= 15 is 0 Å². The van der Waals surface area contributed by atoms with Crippen molar-refractivity contribution in [2.24, 2.45) is 0 Å². The molecule has 1 fully saturated rings. The normalized spacial score (nSPS) is 16.0. The molecule has 5 rings (SSSR count). The van der Waals surface area contributed by atoms with Gasteiger partial charge in [-0.25, -0.2) is 4.98 Å². The number of hydrogen-bond acceptors (Lipinski definition) is 6. The van der Waals surface area contributed by atoms with Crippen molar-refractivity contribution < 1.29 is 19.3 Å². The molecule has 0 bridgehead atoms. The molecule has 9 heteroatoms. The lowest BCUT2D eigenvalue weighted by atomic mass is 10.00. The monoisotopic (exact) mass is 489 g/mol. The number of fused-ring (bicyclic) bond motifs is 3. The molecule has 0 aliphatic carbocycles. The third kappa shape index (κ3) is 4.40. The van der Waals surface area contributed by atoms with Crippen molar-refractivity contribution in [3.8, 4) is 28.5 Å². The first-order valence-corrected chi connectivity index (χ1v) is 11.0. The summed E-state index contributed by atoms with van der Waals surface area (Å²) in [5.41, 5.74) is 3.00. The van der Waals surface area contributed by atoms with Crippen LogP contribution in [-0.2, 0) is 4.74 Å². The fourth-order valence-corrected chi connectivity index (χ4v) is 4.41. The fraction of sp³-hybridized carbons (Fsp3) is 0.333. The summed E-state index contributed by atoms with van der Waals surface area (Å²) in [6, 6.07) is 8.96. The van der Waals surface area contributed by atoms with Gasteiger partial charge >= 0.3 is 0 Å². The van der Waals surface area contributed by atoms with Crippen LogP contribution < -0.4 is 9.47 Å². The second kappa shape index (κ2) is 9.63. The maximum atomic E-state index is 9.85. The molecule has 33 heavy (non-hydrogen) atoms. The Morgan fingerprint density at radius 1 is 1.18 bits per heavy atom. The highest BCUT2D eigenvalue weighted by atomic mass is 35.5. The molecule has 2 aromatic carbocycles. The number of ether oxygens (including phenoxy) is 3. The number of phenolic OH excluding ortho intramolecular Hbond substituents is 1. The smallest absolute Gasteiger partial charge is 0.161 e. The van der Waals surface area contributed by atoms with Gasteiger partial charge < -0.3 is 19.3 Å². The molecule has 1 atom stereocenters. The van der Waals surface area contributed by atoms with Crippen LogP contribution in [0.3, 0.4) is 0 Å². The maximum absolute atomic E-state index is 9.85. The predicted octanol–water partition coefficient (Wildman–Crippen LogP) is 5.82. The molecule has 1 aliphatic heterocycles. The molecule has 1 saturated heterocycles. The lowest BCUT2D eigenvalue weighted by Gasteiger charge is -2.23. The summed E-state index contributed by atoms with van der Waals surface area (Å²) in [7, 11) is 1.62. The van der Waals surface area contributed by atoms with Crippen LogP contribution in [0, 0.1) is 6.92 Å². The summed E-state index contributed by atoms with van der Waals surface area (Å²) in [4.78, 5) is 4.82. The first-order chi connectivity index (χ1) is 15.5. The third-order valence-corrected chi connectivity index (χ3v) is 6.20. The van der Waals surface area contributed by atoms with Crippen LogP contribution in [-0.4, -0.2) is 46.7 Å². The highest BCUT2D eigenvalue weighted by Crippen LogP contribution is 2.41. The Morgan fingerprint density at radius 2 is 2.00 bits per heavy atom. The molecule has 7 nitrogen and oxygen atoms in total. The topological polar surface area (TPSA) is 89.5 Å². The van der Waals surface area contributed by atoms with Crippen molar-refractivity contribution in [2.75, 3.05) is 20.3 Å². The molecule has 174 valence electrons. The Bertz CT molecular complexity index is 1300. The summed E-state index contributed by atoms with van der Waals surface area (Å²) in [6.45, 7) is 3.19. The van der Waals surface area contributed by atoms with Crippen LogP contribution in [0.25, 0.3) is 33.1 Å². The van der Waals surface area contributed by atoms with Crippen LogP contribution in [0.15, 0.2) is 30.3 Å². The van der Waals surface area contributed by atoms with E-state index in [9.17, 15) is 5.11 Å². The van der Waals surface area contributed by atoms with Crippen molar-refractivity contribution in [1.82, 2.24) is 15.2 Å². The molecule has 0 radical (unpaired) electrons. The number of benzene rings is 2. The quantitative estimate of drug-likeness (QED) is 0.366. The predicted molar refractivity (Wildman–Crippen MR) is 131 cm³/mol. The lowest BCUT2D eigenvalue weighted by molar-refractivity contribution is -0.0114. The van der Waals surface area contributed by atoms with Crippen LogP contribution in [0.2, 0.25) is 5.02 Å². The average Bonchev–Trinajstić information content (AvgIpc) is 3.19. The Morgan fingerprint density at radius 3 is 2.73 bits per heavy atom. The van der Waals surface area contributed by atoms with Gasteiger partial charge in [-0.05, 0) is 56.5 Å². The van der Waals surface area contributed by atoms with Gasteiger partial charge in [0.1, 0.15) is 12.4 Å². The zero-order valence-corrected chi connectivity index (χ0v) is 19.9. The minimum absolute atomic E-state index is 0. The first kappa shape index (κ1) is 23.4. The molecular formula is C24H25Cl2N3O4. The van der Waals surface area contributed by atoms with Gasteiger partial charge in [-0.2, -0.15) is 5.10 Å². The fourth-order valence-electron chi connectivity index (χ4n) is 4.23. The van der Waals surface area contributed by atoms with E-state index in [4.69, 9.17) is 30.8 Å². The Labute approximate surface area is 202 Å². The number of H-pyrrole nitrogens is 1. The summed E-state index contributed by atoms with van der Waals surface area (Å²) in [5.74, 6) is 1.29. The van der Waals surface area contributed by atoms with Gasteiger partial charge in [-0.1, -0.05) is 11.6 Å². The zero-order valence-electron chi connectivity index (χ0n) is 18.4.